The van der Waals surface area contributed by atoms with Crippen molar-refractivity contribution in [3.8, 4) is 0 Å². The molecule has 0 unspecified atom stereocenters. The van der Waals surface area contributed by atoms with Crippen LogP contribution in [0.5, 0.6) is 0 Å². The Morgan fingerprint density at radius 3 is 2.61 bits per heavy atom. The quantitative estimate of drug-likeness (QED) is 0.760. The van der Waals surface area contributed by atoms with E-state index in [2.05, 4.69) is 13.0 Å². The summed E-state index contributed by atoms with van der Waals surface area (Å²) in [4.78, 5) is 15.7. The van der Waals surface area contributed by atoms with Crippen LogP contribution in [0.1, 0.15) is 35.7 Å². The minimum Gasteiger partial charge on any atom is -0.339 e. The fourth-order valence-corrected chi connectivity index (χ4v) is 2.78. The highest BCUT2D eigenvalue weighted by Gasteiger charge is 2.22. The molecule has 1 aromatic carbocycles. The Labute approximate surface area is 114 Å². The Morgan fingerprint density at radius 1 is 1.33 bits per heavy atom. The van der Waals surface area contributed by atoms with Crippen molar-refractivity contribution in [1.82, 2.24) is 4.90 Å². The molecule has 0 bridgehead atoms. The summed E-state index contributed by atoms with van der Waals surface area (Å²) in [5.41, 5.74) is 1.95. The Morgan fingerprint density at radius 2 is 2.00 bits per heavy atom. The second-order valence-electron chi connectivity index (χ2n) is 5.16. The molecule has 3 heteroatoms. The van der Waals surface area contributed by atoms with Gasteiger partial charge in [-0.2, -0.15) is 0 Å². The molecule has 0 atom stereocenters. The van der Waals surface area contributed by atoms with Gasteiger partial charge in [0.2, 0.25) is 0 Å². The van der Waals surface area contributed by atoms with E-state index in [1.165, 1.54) is 0 Å². The van der Waals surface area contributed by atoms with Gasteiger partial charge < -0.3 is 4.90 Å². The van der Waals surface area contributed by atoms with Gasteiger partial charge in [-0.25, -0.2) is 0 Å². The molecule has 1 fully saturated rings. The van der Waals surface area contributed by atoms with Crippen molar-refractivity contribution in [3.63, 3.8) is 0 Å². The molecule has 0 spiro atoms. The molecular formula is C15H21NOS. The number of thioether (sulfide) groups is 1. The lowest BCUT2D eigenvalue weighted by molar-refractivity contribution is 0.0696. The lowest BCUT2D eigenvalue weighted by atomic mass is 9.98. The van der Waals surface area contributed by atoms with E-state index < -0.39 is 0 Å². The van der Waals surface area contributed by atoms with Crippen molar-refractivity contribution in [2.75, 3.05) is 19.3 Å². The van der Waals surface area contributed by atoms with Gasteiger partial charge in [-0.15, -0.1) is 11.8 Å². The molecule has 1 aromatic rings. The van der Waals surface area contributed by atoms with Crippen molar-refractivity contribution in [2.45, 2.75) is 31.6 Å². The van der Waals surface area contributed by atoms with E-state index in [9.17, 15) is 4.79 Å². The zero-order chi connectivity index (χ0) is 13.1. The molecule has 1 saturated heterocycles. The van der Waals surface area contributed by atoms with Crippen molar-refractivity contribution in [2.24, 2.45) is 5.92 Å². The van der Waals surface area contributed by atoms with Crippen LogP contribution in [-0.4, -0.2) is 30.2 Å². The van der Waals surface area contributed by atoms with Gasteiger partial charge in [0.15, 0.2) is 0 Å². The van der Waals surface area contributed by atoms with E-state index in [0.29, 0.717) is 0 Å². The van der Waals surface area contributed by atoms with Crippen LogP contribution >= 0.6 is 11.8 Å². The molecule has 0 N–H and O–H groups in total. The molecule has 2 nitrogen and oxygen atoms in total. The SMILES string of the molecule is CSc1ccc(C)c(C(=O)N2CCC(C)CC2)c1. The average molecular weight is 263 g/mol. The van der Waals surface area contributed by atoms with Crippen molar-refractivity contribution in [3.05, 3.63) is 29.3 Å². The number of likely N-dealkylation sites (tertiary alicyclic amines) is 1. The van der Waals surface area contributed by atoms with Gasteiger partial charge in [-0.3, -0.25) is 4.79 Å². The third kappa shape index (κ3) is 2.89. The van der Waals surface area contributed by atoms with E-state index in [1.54, 1.807) is 11.8 Å². The van der Waals surface area contributed by atoms with Crippen molar-refractivity contribution < 1.29 is 4.79 Å². The van der Waals surface area contributed by atoms with Gasteiger partial charge in [-0.1, -0.05) is 13.0 Å². The maximum absolute atomic E-state index is 12.5. The lowest BCUT2D eigenvalue weighted by Gasteiger charge is -2.30. The molecule has 0 aromatic heterocycles. The van der Waals surface area contributed by atoms with E-state index in [-0.39, 0.29) is 5.91 Å². The second kappa shape index (κ2) is 5.79. The summed E-state index contributed by atoms with van der Waals surface area (Å²) >= 11 is 1.69. The first kappa shape index (κ1) is 13.5. The number of benzene rings is 1. The first-order valence-electron chi connectivity index (χ1n) is 6.55. The normalized spacial score (nSPS) is 16.9. The number of piperidine rings is 1. The van der Waals surface area contributed by atoms with E-state index in [4.69, 9.17) is 0 Å². The minimum absolute atomic E-state index is 0.204. The van der Waals surface area contributed by atoms with Crippen molar-refractivity contribution in [1.29, 1.82) is 0 Å². The first-order valence-corrected chi connectivity index (χ1v) is 7.78. The van der Waals surface area contributed by atoms with Gasteiger partial charge in [-0.05, 0) is 49.6 Å². The second-order valence-corrected chi connectivity index (χ2v) is 6.04. The molecule has 98 valence electrons. The summed E-state index contributed by atoms with van der Waals surface area (Å²) in [6, 6.07) is 6.15. The van der Waals surface area contributed by atoms with E-state index in [1.807, 2.05) is 30.2 Å². The van der Waals surface area contributed by atoms with Crippen LogP contribution in [-0.2, 0) is 0 Å². The predicted octanol–water partition coefficient (Wildman–Crippen LogP) is 3.59. The topological polar surface area (TPSA) is 20.3 Å². The fraction of sp³-hybridized carbons (Fsp3) is 0.533. The van der Waals surface area contributed by atoms with Crippen LogP contribution < -0.4 is 0 Å². The van der Waals surface area contributed by atoms with Gasteiger partial charge in [0, 0.05) is 23.5 Å². The largest absolute Gasteiger partial charge is 0.339 e. The van der Waals surface area contributed by atoms with Crippen LogP contribution in [0.2, 0.25) is 0 Å². The number of nitrogens with zero attached hydrogens (tertiary/aromatic N) is 1. The number of carbonyl (C=O) groups excluding carboxylic acids is 1. The van der Waals surface area contributed by atoms with Gasteiger partial charge in [0.1, 0.15) is 0 Å². The maximum atomic E-state index is 12.5. The summed E-state index contributed by atoms with van der Waals surface area (Å²) in [5, 5.41) is 0. The van der Waals surface area contributed by atoms with Gasteiger partial charge in [0.25, 0.3) is 5.91 Å². The smallest absolute Gasteiger partial charge is 0.254 e. The highest BCUT2D eigenvalue weighted by atomic mass is 32.2. The molecular weight excluding hydrogens is 242 g/mol. The van der Waals surface area contributed by atoms with Gasteiger partial charge in [0.05, 0.1) is 0 Å². The molecule has 1 amide bonds. The van der Waals surface area contributed by atoms with Crippen LogP contribution in [0.3, 0.4) is 0 Å². The summed E-state index contributed by atoms with van der Waals surface area (Å²) in [6.45, 7) is 6.09. The fourth-order valence-electron chi connectivity index (χ4n) is 2.34. The Balaban J connectivity index is 2.17. The average Bonchev–Trinajstić information content (AvgIpc) is 2.39. The van der Waals surface area contributed by atoms with Crippen molar-refractivity contribution >= 4 is 17.7 Å². The predicted molar refractivity (Wildman–Crippen MR) is 77.3 cm³/mol. The Kier molecular flexibility index (Phi) is 4.33. The molecule has 0 radical (unpaired) electrons. The van der Waals surface area contributed by atoms with E-state index >= 15 is 0 Å². The molecule has 1 aliphatic heterocycles. The van der Waals surface area contributed by atoms with E-state index in [0.717, 1.165) is 47.9 Å². The maximum Gasteiger partial charge on any atom is 0.254 e. The van der Waals surface area contributed by atoms with Gasteiger partial charge >= 0.3 is 0 Å². The van der Waals surface area contributed by atoms with Crippen LogP contribution in [0, 0.1) is 12.8 Å². The highest BCUT2D eigenvalue weighted by Crippen LogP contribution is 2.23. The number of carbonyl (C=O) groups is 1. The molecule has 0 aliphatic carbocycles. The molecule has 1 heterocycles. The first-order chi connectivity index (χ1) is 8.61. The summed E-state index contributed by atoms with van der Waals surface area (Å²) in [6.07, 6.45) is 4.31. The summed E-state index contributed by atoms with van der Waals surface area (Å²) < 4.78 is 0. The molecule has 18 heavy (non-hydrogen) atoms. The monoisotopic (exact) mass is 263 g/mol. The Bertz CT molecular complexity index is 436. The van der Waals surface area contributed by atoms with Crippen LogP contribution in [0.15, 0.2) is 23.1 Å². The Hall–Kier alpha value is -0.960. The lowest BCUT2D eigenvalue weighted by Crippen LogP contribution is -2.38. The van der Waals surface area contributed by atoms with Crippen LogP contribution in [0.25, 0.3) is 0 Å². The number of hydrogen-bond donors (Lipinski definition) is 0. The highest BCUT2D eigenvalue weighted by molar-refractivity contribution is 7.98. The zero-order valence-corrected chi connectivity index (χ0v) is 12.2. The number of rotatable bonds is 2. The molecule has 2 rings (SSSR count). The zero-order valence-electron chi connectivity index (χ0n) is 11.4. The third-order valence-corrected chi connectivity index (χ3v) is 4.47. The summed E-state index contributed by atoms with van der Waals surface area (Å²) in [5.74, 6) is 0.961. The number of aryl methyl sites for hydroxylation is 1. The number of amides is 1. The number of hydrogen-bond acceptors (Lipinski definition) is 2. The van der Waals surface area contributed by atoms with Crippen LogP contribution in [0.4, 0.5) is 0 Å². The molecule has 0 saturated carbocycles. The molecule has 1 aliphatic rings. The minimum atomic E-state index is 0.204. The standard InChI is InChI=1S/C15H21NOS/c1-11-6-8-16(9-7-11)15(17)14-10-13(18-3)5-4-12(14)2/h4-5,10-11H,6-9H2,1-3H3. The third-order valence-electron chi connectivity index (χ3n) is 3.75. The summed E-state index contributed by atoms with van der Waals surface area (Å²) in [7, 11) is 0.